The quantitative estimate of drug-likeness (QED) is 0.132. The number of likely N-dealkylation sites (N-methyl/N-ethyl adjacent to an activating group) is 2. The first-order chi connectivity index (χ1) is 16.1. The maximum absolute atomic E-state index is 12.1. The molecule has 0 aromatic carbocycles. The van der Waals surface area contributed by atoms with Crippen molar-refractivity contribution in [3.63, 3.8) is 0 Å². The van der Waals surface area contributed by atoms with Gasteiger partial charge in [0.25, 0.3) is 0 Å². The number of nitrogens with zero attached hydrogens (tertiary/aromatic N) is 2. The van der Waals surface area contributed by atoms with Gasteiger partial charge in [0, 0.05) is 19.4 Å². The van der Waals surface area contributed by atoms with Crippen LogP contribution in [0.4, 0.5) is 0 Å². The lowest BCUT2D eigenvalue weighted by Gasteiger charge is -2.34. The highest BCUT2D eigenvalue weighted by Gasteiger charge is 2.24. The van der Waals surface area contributed by atoms with E-state index in [2.05, 4.69) is 47.5 Å². The molecule has 0 aromatic rings. The topological polar surface area (TPSA) is 49.3 Å². The lowest BCUT2D eigenvalue weighted by molar-refractivity contribution is -0.907. The molecule has 1 amide bonds. The molecular weight excluding hydrogens is 422 g/mol. The maximum atomic E-state index is 12.1. The van der Waals surface area contributed by atoms with Crippen LogP contribution in [-0.2, 0) is 4.79 Å². The lowest BCUT2D eigenvalue weighted by Crippen LogP contribution is -2.51. The molecule has 0 spiro atoms. The molecule has 0 aliphatic heterocycles. The molecule has 204 valence electrons. The summed E-state index contributed by atoms with van der Waals surface area (Å²) in [5.74, 6) is 0.199. The van der Waals surface area contributed by atoms with Crippen molar-refractivity contribution in [2.24, 2.45) is 0 Å². The maximum Gasteiger partial charge on any atom is 0.219 e. The Bertz CT molecular complexity index is 474. The van der Waals surface area contributed by atoms with Gasteiger partial charge in [0.1, 0.15) is 13.1 Å². The van der Waals surface area contributed by atoms with Crippen LogP contribution >= 0.6 is 0 Å². The number of quaternary nitrogens is 2. The predicted octanol–water partition coefficient (Wildman–Crippen LogP) is 5.90. The monoisotopic (exact) mass is 485 g/mol. The lowest BCUT2D eigenvalue weighted by atomic mass is 10.0. The van der Waals surface area contributed by atoms with E-state index in [4.69, 9.17) is 0 Å². The Morgan fingerprint density at radius 2 is 1.12 bits per heavy atom. The second-order valence-corrected chi connectivity index (χ2v) is 12.4. The van der Waals surface area contributed by atoms with Crippen molar-refractivity contribution in [3.05, 3.63) is 0 Å². The van der Waals surface area contributed by atoms with Gasteiger partial charge in [0.05, 0.1) is 41.8 Å². The van der Waals surface area contributed by atoms with Gasteiger partial charge in [-0.15, -0.1) is 0 Å². The first-order valence-electron chi connectivity index (χ1n) is 14.6. The van der Waals surface area contributed by atoms with E-state index in [1.807, 2.05) is 0 Å². The Labute approximate surface area is 213 Å². The van der Waals surface area contributed by atoms with Crippen molar-refractivity contribution >= 4 is 5.91 Å². The van der Waals surface area contributed by atoms with Gasteiger partial charge in [-0.2, -0.15) is 0 Å². The van der Waals surface area contributed by atoms with Crippen LogP contribution in [0.1, 0.15) is 116 Å². The molecule has 0 saturated carbocycles. The average molecular weight is 486 g/mol. The summed E-state index contributed by atoms with van der Waals surface area (Å²) >= 11 is 0. The smallest absolute Gasteiger partial charge is 0.219 e. The number of hydrogen-bond donors (Lipinski definition) is 2. The Kier molecular flexibility index (Phi) is 20.1. The number of amides is 1. The zero-order valence-corrected chi connectivity index (χ0v) is 24.2. The molecule has 0 radical (unpaired) electrons. The molecule has 0 rings (SSSR count). The standard InChI is InChI=1S/C29H62N3O2/c1-7-8-9-10-11-12-13-14-15-16-17-18-19-20-21-23-29(34)30-24-22-25-32(5,6)27-28(33)26-31(2,3)4/h28,33H,7-27H2,1-6H3/q+1/p+1. The number of nitrogens with one attached hydrogen (secondary N) is 1. The minimum Gasteiger partial charge on any atom is -0.382 e. The molecule has 0 aliphatic rings. The van der Waals surface area contributed by atoms with Crippen molar-refractivity contribution < 1.29 is 18.9 Å². The highest BCUT2D eigenvalue weighted by atomic mass is 16.3. The van der Waals surface area contributed by atoms with Crippen LogP contribution in [0, 0.1) is 0 Å². The van der Waals surface area contributed by atoms with E-state index in [1.165, 1.54) is 89.9 Å². The number of carbonyl (C=O) groups is 1. The minimum absolute atomic E-state index is 0.199. The average Bonchev–Trinajstić information content (AvgIpc) is 2.72. The number of carbonyl (C=O) groups excluding carboxylic acids is 1. The molecule has 5 nitrogen and oxygen atoms in total. The van der Waals surface area contributed by atoms with Crippen molar-refractivity contribution in [3.8, 4) is 0 Å². The van der Waals surface area contributed by atoms with Crippen molar-refractivity contribution in [1.29, 1.82) is 0 Å². The Morgan fingerprint density at radius 3 is 1.56 bits per heavy atom. The van der Waals surface area contributed by atoms with Crippen LogP contribution in [0.25, 0.3) is 0 Å². The second kappa shape index (κ2) is 20.5. The molecule has 2 N–H and O–H groups in total. The third-order valence-electron chi connectivity index (χ3n) is 6.73. The van der Waals surface area contributed by atoms with E-state index in [-0.39, 0.29) is 12.0 Å². The van der Waals surface area contributed by atoms with Gasteiger partial charge in [-0.1, -0.05) is 96.8 Å². The summed E-state index contributed by atoms with van der Waals surface area (Å²) in [4.78, 5) is 12.1. The summed E-state index contributed by atoms with van der Waals surface area (Å²) in [6.07, 6.45) is 21.6. The molecular formula is C29H63N3O2+2. The molecule has 0 aromatic heterocycles. The van der Waals surface area contributed by atoms with Crippen LogP contribution in [0.2, 0.25) is 0 Å². The highest BCUT2D eigenvalue weighted by Crippen LogP contribution is 2.13. The molecule has 5 heteroatoms. The summed E-state index contributed by atoms with van der Waals surface area (Å²) < 4.78 is 1.56. The number of rotatable bonds is 24. The van der Waals surface area contributed by atoms with Crippen molar-refractivity contribution in [2.45, 2.75) is 122 Å². The number of unbranched alkanes of at least 4 members (excludes halogenated alkanes) is 14. The summed E-state index contributed by atoms with van der Waals surface area (Å²) in [6.45, 7) is 5.50. The SMILES string of the molecule is CCCCCCCCCCCCCCCCCC(=O)NCCC[N+](C)(C)CC(O)C[N+](C)(C)C. The number of hydrogen-bond acceptors (Lipinski definition) is 2. The zero-order valence-electron chi connectivity index (χ0n) is 24.2. The molecule has 1 unspecified atom stereocenters. The summed E-state index contributed by atoms with van der Waals surface area (Å²) in [5.41, 5.74) is 0. The van der Waals surface area contributed by atoms with Crippen LogP contribution in [0.15, 0.2) is 0 Å². The van der Waals surface area contributed by atoms with Gasteiger partial charge < -0.3 is 19.4 Å². The fraction of sp³-hybridized carbons (Fsp3) is 0.966. The zero-order chi connectivity index (χ0) is 25.7. The summed E-state index contributed by atoms with van der Waals surface area (Å²) in [7, 11) is 10.7. The highest BCUT2D eigenvalue weighted by molar-refractivity contribution is 5.75. The molecule has 0 aliphatic carbocycles. The third kappa shape index (κ3) is 24.5. The first-order valence-corrected chi connectivity index (χ1v) is 14.6. The fourth-order valence-electron chi connectivity index (χ4n) is 4.83. The summed E-state index contributed by atoms with van der Waals surface area (Å²) in [5, 5.41) is 13.4. The van der Waals surface area contributed by atoms with E-state index in [0.717, 1.165) is 48.0 Å². The van der Waals surface area contributed by atoms with Crippen LogP contribution in [-0.4, -0.2) is 87.5 Å². The van der Waals surface area contributed by atoms with Gasteiger partial charge in [0.15, 0.2) is 6.10 Å². The summed E-state index contributed by atoms with van der Waals surface area (Å²) in [6, 6.07) is 0. The number of aliphatic hydroxyl groups excluding tert-OH is 1. The van der Waals surface area contributed by atoms with E-state index in [9.17, 15) is 9.90 Å². The molecule has 0 bridgehead atoms. The Balaban J connectivity index is 3.48. The van der Waals surface area contributed by atoms with Gasteiger partial charge in [0.2, 0.25) is 5.91 Å². The molecule has 0 fully saturated rings. The van der Waals surface area contributed by atoms with E-state index in [1.54, 1.807) is 0 Å². The Morgan fingerprint density at radius 1 is 0.676 bits per heavy atom. The van der Waals surface area contributed by atoms with Crippen molar-refractivity contribution in [2.75, 3.05) is 61.4 Å². The van der Waals surface area contributed by atoms with Crippen LogP contribution < -0.4 is 5.32 Å². The minimum atomic E-state index is -0.297. The van der Waals surface area contributed by atoms with Gasteiger partial charge in [-0.25, -0.2) is 0 Å². The van der Waals surface area contributed by atoms with E-state index in [0.29, 0.717) is 6.42 Å². The fourth-order valence-corrected chi connectivity index (χ4v) is 4.83. The van der Waals surface area contributed by atoms with Crippen LogP contribution in [0.5, 0.6) is 0 Å². The van der Waals surface area contributed by atoms with Crippen LogP contribution in [0.3, 0.4) is 0 Å². The molecule has 34 heavy (non-hydrogen) atoms. The third-order valence-corrected chi connectivity index (χ3v) is 6.73. The van der Waals surface area contributed by atoms with Gasteiger partial charge in [-0.05, 0) is 6.42 Å². The molecule has 1 atom stereocenters. The van der Waals surface area contributed by atoms with Gasteiger partial charge >= 0.3 is 0 Å². The normalized spacial score (nSPS) is 13.3. The Hall–Kier alpha value is -0.650. The van der Waals surface area contributed by atoms with Crippen molar-refractivity contribution in [1.82, 2.24) is 5.32 Å². The van der Waals surface area contributed by atoms with E-state index < -0.39 is 0 Å². The second-order valence-electron chi connectivity index (χ2n) is 12.4. The van der Waals surface area contributed by atoms with Gasteiger partial charge in [-0.3, -0.25) is 4.79 Å². The first kappa shape index (κ1) is 33.4. The molecule has 0 saturated heterocycles. The predicted molar refractivity (Wildman–Crippen MR) is 148 cm³/mol. The number of aliphatic hydroxyl groups is 1. The largest absolute Gasteiger partial charge is 0.382 e. The van der Waals surface area contributed by atoms with E-state index >= 15 is 0 Å². The molecule has 0 heterocycles.